The average Bonchev–Trinajstić information content (AvgIpc) is 2.93. The Labute approximate surface area is 162 Å². The smallest absolute Gasteiger partial charge is 0.150 e. The van der Waals surface area contributed by atoms with Gasteiger partial charge < -0.3 is 9.88 Å². The lowest BCUT2D eigenvalue weighted by molar-refractivity contribution is 0.623. The zero-order valence-electron chi connectivity index (χ0n) is 15.8. The van der Waals surface area contributed by atoms with Gasteiger partial charge >= 0.3 is 0 Å². The molecule has 0 fully saturated rings. The Morgan fingerprint density at radius 1 is 0.929 bits per heavy atom. The Kier molecular flexibility index (Phi) is 4.82. The summed E-state index contributed by atoms with van der Waals surface area (Å²) in [6.45, 7) is 5.25. The van der Waals surface area contributed by atoms with Crippen LogP contribution in [0.5, 0.6) is 0 Å². The molecule has 0 bridgehead atoms. The number of hydrogen-bond donors (Lipinski definition) is 1. The number of aromatic nitrogens is 2. The van der Waals surface area contributed by atoms with Crippen molar-refractivity contribution in [1.82, 2.24) is 9.55 Å². The molecule has 0 unspecified atom stereocenters. The highest BCUT2D eigenvalue weighted by atomic mass is 19.1. The summed E-state index contributed by atoms with van der Waals surface area (Å²) in [6, 6.07) is 15.1. The number of aryl methyl sites for hydroxylation is 1. The van der Waals surface area contributed by atoms with Crippen molar-refractivity contribution in [2.24, 2.45) is 0 Å². The Bertz CT molecular complexity index is 1130. The first-order chi connectivity index (χ1) is 13.5. The monoisotopic (exact) mass is 377 g/mol. The van der Waals surface area contributed by atoms with Gasteiger partial charge in [-0.3, -0.25) is 0 Å². The summed E-state index contributed by atoms with van der Waals surface area (Å²) in [5.41, 5.74) is 5.16. The summed E-state index contributed by atoms with van der Waals surface area (Å²) in [6.07, 6.45) is 1.79. The molecule has 2 aromatic heterocycles. The lowest BCUT2D eigenvalue weighted by atomic mass is 10.2. The van der Waals surface area contributed by atoms with Crippen LogP contribution in [0.25, 0.3) is 10.9 Å². The predicted octanol–water partition coefficient (Wildman–Crippen LogP) is 5.59. The molecule has 0 aliphatic carbocycles. The summed E-state index contributed by atoms with van der Waals surface area (Å²) in [4.78, 5) is 4.53. The Morgan fingerprint density at radius 2 is 1.71 bits per heavy atom. The molecule has 4 rings (SSSR count). The number of fused-ring (bicyclic) bond motifs is 1. The van der Waals surface area contributed by atoms with Gasteiger partial charge in [-0.2, -0.15) is 0 Å². The highest BCUT2D eigenvalue weighted by Crippen LogP contribution is 2.30. The number of nitrogens with one attached hydrogen (secondary N) is 1. The molecule has 2 aromatic carbocycles. The third-order valence-electron chi connectivity index (χ3n) is 5.15. The van der Waals surface area contributed by atoms with Crippen LogP contribution in [0.4, 0.5) is 14.6 Å². The Balaban J connectivity index is 1.72. The minimum Gasteiger partial charge on any atom is -0.364 e. The van der Waals surface area contributed by atoms with E-state index in [1.165, 1.54) is 23.8 Å². The molecule has 1 N–H and O–H groups in total. The summed E-state index contributed by atoms with van der Waals surface area (Å²) in [7, 11) is 0. The summed E-state index contributed by atoms with van der Waals surface area (Å²) in [5, 5.41) is 4.49. The van der Waals surface area contributed by atoms with Gasteiger partial charge in [0.2, 0.25) is 0 Å². The Hall–Kier alpha value is -3.21. The lowest BCUT2D eigenvalue weighted by Crippen LogP contribution is -2.07. The fraction of sp³-hybridized carbons (Fsp3) is 0.174. The first-order valence-corrected chi connectivity index (χ1v) is 9.20. The molecule has 0 aliphatic rings. The molecule has 0 aliphatic heterocycles. The maximum atomic E-state index is 13.6. The van der Waals surface area contributed by atoms with Crippen LogP contribution in [0.1, 0.15) is 22.4 Å². The number of rotatable bonds is 5. The van der Waals surface area contributed by atoms with Crippen molar-refractivity contribution in [3.05, 3.63) is 94.8 Å². The molecule has 28 heavy (non-hydrogen) atoms. The zero-order valence-corrected chi connectivity index (χ0v) is 15.8. The number of nitrogens with zero attached hydrogens (tertiary/aromatic N) is 2. The van der Waals surface area contributed by atoms with E-state index in [1.807, 2.05) is 12.1 Å². The molecule has 0 atom stereocenters. The van der Waals surface area contributed by atoms with Crippen molar-refractivity contribution in [3.8, 4) is 0 Å². The molecule has 0 amide bonds. The second-order valence-corrected chi connectivity index (χ2v) is 6.96. The van der Waals surface area contributed by atoms with Crippen LogP contribution < -0.4 is 5.32 Å². The second-order valence-electron chi connectivity index (χ2n) is 6.96. The predicted molar refractivity (Wildman–Crippen MR) is 108 cm³/mol. The fourth-order valence-electron chi connectivity index (χ4n) is 3.53. The molecule has 4 aromatic rings. The van der Waals surface area contributed by atoms with Gasteiger partial charge in [0.05, 0.1) is 5.52 Å². The van der Waals surface area contributed by atoms with E-state index in [1.54, 1.807) is 30.5 Å². The van der Waals surface area contributed by atoms with Gasteiger partial charge in [-0.15, -0.1) is 0 Å². The van der Waals surface area contributed by atoms with E-state index in [2.05, 4.69) is 28.7 Å². The Morgan fingerprint density at radius 3 is 2.46 bits per heavy atom. The van der Waals surface area contributed by atoms with Crippen LogP contribution in [0, 0.1) is 25.5 Å². The highest BCUT2D eigenvalue weighted by Gasteiger charge is 2.15. The topological polar surface area (TPSA) is 29.9 Å². The van der Waals surface area contributed by atoms with Gasteiger partial charge in [-0.05, 0) is 60.9 Å². The van der Waals surface area contributed by atoms with Crippen molar-refractivity contribution in [3.63, 3.8) is 0 Å². The molecule has 0 radical (unpaired) electrons. The van der Waals surface area contributed by atoms with Crippen molar-refractivity contribution < 1.29 is 8.78 Å². The average molecular weight is 377 g/mol. The number of benzene rings is 2. The SMILES string of the molecule is Cc1c(C)n(Cc2cccc(F)c2)c2c(NCc3ccc(F)cc3)nccc12. The van der Waals surface area contributed by atoms with Crippen molar-refractivity contribution in [2.75, 3.05) is 5.32 Å². The summed E-state index contributed by atoms with van der Waals surface area (Å²) >= 11 is 0. The maximum Gasteiger partial charge on any atom is 0.150 e. The quantitative estimate of drug-likeness (QED) is 0.491. The van der Waals surface area contributed by atoms with E-state index in [9.17, 15) is 8.78 Å². The van der Waals surface area contributed by atoms with E-state index >= 15 is 0 Å². The molecule has 0 saturated carbocycles. The summed E-state index contributed by atoms with van der Waals surface area (Å²) < 4.78 is 28.9. The summed E-state index contributed by atoms with van der Waals surface area (Å²) in [5.74, 6) is 0.268. The first kappa shape index (κ1) is 18.2. The number of halogens is 2. The van der Waals surface area contributed by atoms with Crippen LogP contribution in [0.3, 0.4) is 0 Å². The van der Waals surface area contributed by atoms with Crippen LogP contribution in [0.15, 0.2) is 60.8 Å². The van der Waals surface area contributed by atoms with Gasteiger partial charge in [-0.25, -0.2) is 13.8 Å². The third-order valence-corrected chi connectivity index (χ3v) is 5.15. The zero-order chi connectivity index (χ0) is 19.7. The van der Waals surface area contributed by atoms with Gasteiger partial charge in [0.15, 0.2) is 5.82 Å². The molecule has 142 valence electrons. The normalized spacial score (nSPS) is 11.1. The number of pyridine rings is 1. The van der Waals surface area contributed by atoms with Gasteiger partial charge in [0.1, 0.15) is 11.6 Å². The van der Waals surface area contributed by atoms with Gasteiger partial charge in [-0.1, -0.05) is 24.3 Å². The molecule has 3 nitrogen and oxygen atoms in total. The number of hydrogen-bond acceptors (Lipinski definition) is 2. The van der Waals surface area contributed by atoms with E-state index in [-0.39, 0.29) is 11.6 Å². The number of anilines is 1. The van der Waals surface area contributed by atoms with Crippen LogP contribution in [0.2, 0.25) is 0 Å². The standard InChI is InChI=1S/C23H21F2N3/c1-15-16(2)28(14-18-4-3-5-20(25)12-18)22-21(15)10-11-26-23(22)27-13-17-6-8-19(24)9-7-17/h3-12H,13-14H2,1-2H3,(H,26,27). The second kappa shape index (κ2) is 7.43. The first-order valence-electron chi connectivity index (χ1n) is 9.20. The van der Waals surface area contributed by atoms with E-state index < -0.39 is 0 Å². The minimum atomic E-state index is -0.251. The van der Waals surface area contributed by atoms with Crippen LogP contribution >= 0.6 is 0 Å². The molecule has 5 heteroatoms. The third kappa shape index (κ3) is 3.48. The van der Waals surface area contributed by atoms with Crippen LogP contribution in [-0.4, -0.2) is 9.55 Å². The maximum absolute atomic E-state index is 13.6. The molecule has 2 heterocycles. The van der Waals surface area contributed by atoms with Crippen LogP contribution in [-0.2, 0) is 13.1 Å². The van der Waals surface area contributed by atoms with E-state index in [4.69, 9.17) is 0 Å². The lowest BCUT2D eigenvalue weighted by Gasteiger charge is -2.13. The fourth-order valence-corrected chi connectivity index (χ4v) is 3.53. The molecule has 0 spiro atoms. The van der Waals surface area contributed by atoms with Crippen molar-refractivity contribution in [2.45, 2.75) is 26.9 Å². The largest absolute Gasteiger partial charge is 0.364 e. The molecular weight excluding hydrogens is 356 g/mol. The van der Waals surface area contributed by atoms with Crippen molar-refractivity contribution >= 4 is 16.7 Å². The van der Waals surface area contributed by atoms with Gasteiger partial charge in [0.25, 0.3) is 0 Å². The van der Waals surface area contributed by atoms with Gasteiger partial charge in [0, 0.05) is 30.4 Å². The van der Waals surface area contributed by atoms with E-state index in [0.717, 1.165) is 33.5 Å². The van der Waals surface area contributed by atoms with Crippen molar-refractivity contribution in [1.29, 1.82) is 0 Å². The molecular formula is C23H21F2N3. The van der Waals surface area contributed by atoms with E-state index in [0.29, 0.717) is 13.1 Å². The molecule has 0 saturated heterocycles. The highest BCUT2D eigenvalue weighted by molar-refractivity contribution is 5.93. The minimum absolute atomic E-state index is 0.240.